The third-order valence-electron chi connectivity index (χ3n) is 5.89. The number of nitrogens with one attached hydrogen (secondary N) is 1. The van der Waals surface area contributed by atoms with Gasteiger partial charge in [-0.25, -0.2) is 21.6 Å². The third-order valence-corrected chi connectivity index (χ3v) is 8.63. The van der Waals surface area contributed by atoms with E-state index < -0.39 is 20.0 Å². The van der Waals surface area contributed by atoms with Gasteiger partial charge in [-0.05, 0) is 56.7 Å². The van der Waals surface area contributed by atoms with E-state index in [0.29, 0.717) is 38.0 Å². The van der Waals surface area contributed by atoms with Gasteiger partial charge in [-0.1, -0.05) is 12.1 Å². The monoisotopic (exact) mass is 457 g/mol. The molecular weight excluding hydrogens is 426 g/mol. The Kier molecular flexibility index (Phi) is 7.21. The maximum absolute atomic E-state index is 13.0. The molecule has 0 bridgehead atoms. The molecule has 30 heavy (non-hydrogen) atoms. The van der Waals surface area contributed by atoms with Crippen LogP contribution in [0.5, 0.6) is 0 Å². The average molecular weight is 458 g/mol. The number of carbonyl (C=O) groups is 1. The van der Waals surface area contributed by atoms with E-state index in [1.807, 2.05) is 24.0 Å². The Balaban J connectivity index is 1.63. The van der Waals surface area contributed by atoms with E-state index in [1.165, 1.54) is 0 Å². The first-order chi connectivity index (χ1) is 14.1. The minimum atomic E-state index is -3.24. The van der Waals surface area contributed by atoms with E-state index in [-0.39, 0.29) is 23.7 Å². The largest absolute Gasteiger partial charge is 0.336 e. The number of nitrogens with zero attached hydrogens (tertiary/aromatic N) is 2. The molecule has 168 valence electrons. The summed E-state index contributed by atoms with van der Waals surface area (Å²) in [6.07, 6.45) is 5.03. The predicted octanol–water partition coefficient (Wildman–Crippen LogP) is 1.54. The van der Waals surface area contributed by atoms with Crippen LogP contribution in [0, 0.1) is 0 Å². The highest BCUT2D eigenvalue weighted by Gasteiger charge is 2.32. The molecule has 0 aliphatic carbocycles. The van der Waals surface area contributed by atoms with Gasteiger partial charge >= 0.3 is 0 Å². The molecule has 2 unspecified atom stereocenters. The van der Waals surface area contributed by atoms with Crippen LogP contribution in [-0.4, -0.2) is 69.1 Å². The standard InChI is InChI=1S/C20H31N3O5S2/c1-16-5-4-14-30(27,28)23(16)15-17-7-9-18(10-8-17)20(24)22-13-3-6-19(22)11-12-21-29(2,25)26/h7-10,16,19,21H,3-6,11-15H2,1-2H3. The number of rotatable bonds is 7. The predicted molar refractivity (Wildman–Crippen MR) is 116 cm³/mol. The summed E-state index contributed by atoms with van der Waals surface area (Å²) in [5.41, 5.74) is 1.43. The van der Waals surface area contributed by atoms with Crippen molar-refractivity contribution in [2.24, 2.45) is 0 Å². The van der Waals surface area contributed by atoms with Crippen molar-refractivity contribution in [2.75, 3.05) is 25.1 Å². The summed E-state index contributed by atoms with van der Waals surface area (Å²) in [5, 5.41) is 0. The van der Waals surface area contributed by atoms with E-state index in [9.17, 15) is 21.6 Å². The molecule has 10 heteroatoms. The second-order valence-electron chi connectivity index (χ2n) is 8.30. The van der Waals surface area contributed by atoms with Crippen LogP contribution in [-0.2, 0) is 26.6 Å². The molecule has 3 rings (SSSR count). The zero-order valence-electron chi connectivity index (χ0n) is 17.6. The van der Waals surface area contributed by atoms with Crippen LogP contribution in [0.15, 0.2) is 24.3 Å². The van der Waals surface area contributed by atoms with Crippen LogP contribution < -0.4 is 4.72 Å². The van der Waals surface area contributed by atoms with Gasteiger partial charge in [-0.3, -0.25) is 4.79 Å². The number of amides is 1. The van der Waals surface area contributed by atoms with Crippen molar-refractivity contribution in [1.29, 1.82) is 0 Å². The molecule has 0 aromatic heterocycles. The summed E-state index contributed by atoms with van der Waals surface area (Å²) in [7, 11) is -6.46. The first-order valence-corrected chi connectivity index (χ1v) is 13.9. The Morgan fingerprint density at radius 3 is 2.50 bits per heavy atom. The van der Waals surface area contributed by atoms with Gasteiger partial charge in [0.05, 0.1) is 12.0 Å². The van der Waals surface area contributed by atoms with Gasteiger partial charge in [-0.2, -0.15) is 4.31 Å². The van der Waals surface area contributed by atoms with Crippen molar-refractivity contribution in [3.8, 4) is 0 Å². The highest BCUT2D eigenvalue weighted by atomic mass is 32.2. The van der Waals surface area contributed by atoms with Crippen molar-refractivity contribution < 1.29 is 21.6 Å². The maximum atomic E-state index is 13.0. The number of sulfonamides is 2. The summed E-state index contributed by atoms with van der Waals surface area (Å²) in [5.74, 6) is 0.126. The van der Waals surface area contributed by atoms with Crippen molar-refractivity contribution in [3.05, 3.63) is 35.4 Å². The van der Waals surface area contributed by atoms with Crippen molar-refractivity contribution in [2.45, 2.75) is 57.7 Å². The number of likely N-dealkylation sites (tertiary alicyclic amines) is 1. The molecule has 1 N–H and O–H groups in total. The van der Waals surface area contributed by atoms with E-state index in [1.54, 1.807) is 16.4 Å². The lowest BCUT2D eigenvalue weighted by Crippen LogP contribution is -2.43. The lowest BCUT2D eigenvalue weighted by Gasteiger charge is -2.32. The van der Waals surface area contributed by atoms with E-state index >= 15 is 0 Å². The molecule has 1 aromatic carbocycles. The summed E-state index contributed by atoms with van der Waals surface area (Å²) in [6.45, 7) is 3.23. The van der Waals surface area contributed by atoms with Crippen LogP contribution in [0.4, 0.5) is 0 Å². The molecule has 1 amide bonds. The van der Waals surface area contributed by atoms with Crippen LogP contribution in [0.2, 0.25) is 0 Å². The van der Waals surface area contributed by atoms with Gasteiger partial charge in [0.15, 0.2) is 0 Å². The summed E-state index contributed by atoms with van der Waals surface area (Å²) < 4.78 is 51.2. The molecule has 1 aromatic rings. The van der Waals surface area contributed by atoms with Crippen molar-refractivity contribution in [3.63, 3.8) is 0 Å². The number of hydrogen-bond donors (Lipinski definition) is 1. The quantitative estimate of drug-likeness (QED) is 0.669. The number of carbonyl (C=O) groups excluding carboxylic acids is 1. The average Bonchev–Trinajstić information content (AvgIpc) is 3.12. The van der Waals surface area contributed by atoms with Gasteiger partial charge in [0, 0.05) is 37.3 Å². The van der Waals surface area contributed by atoms with Gasteiger partial charge in [0.1, 0.15) is 0 Å². The normalized spacial score (nSPS) is 24.8. The topological polar surface area (TPSA) is 104 Å². The van der Waals surface area contributed by atoms with Crippen molar-refractivity contribution in [1.82, 2.24) is 13.9 Å². The smallest absolute Gasteiger partial charge is 0.254 e. The molecule has 2 saturated heterocycles. The van der Waals surface area contributed by atoms with Gasteiger partial charge < -0.3 is 4.90 Å². The molecule has 2 aliphatic rings. The Morgan fingerprint density at radius 1 is 1.17 bits per heavy atom. The minimum Gasteiger partial charge on any atom is -0.336 e. The lowest BCUT2D eigenvalue weighted by atomic mass is 10.1. The zero-order chi connectivity index (χ0) is 21.9. The lowest BCUT2D eigenvalue weighted by molar-refractivity contribution is 0.0731. The number of hydrogen-bond acceptors (Lipinski definition) is 5. The van der Waals surface area contributed by atoms with Gasteiger partial charge in [0.2, 0.25) is 20.0 Å². The fourth-order valence-electron chi connectivity index (χ4n) is 4.26. The Labute approximate surface area is 179 Å². The molecule has 2 fully saturated rings. The molecular formula is C20H31N3O5S2. The Hall–Kier alpha value is -1.49. The SMILES string of the molecule is CC1CCCS(=O)(=O)N1Cc1ccc(C(=O)N2CCCC2CCNS(C)(=O)=O)cc1. The molecule has 2 heterocycles. The number of benzene rings is 1. The molecule has 0 spiro atoms. The summed E-state index contributed by atoms with van der Waals surface area (Å²) >= 11 is 0. The van der Waals surface area contributed by atoms with E-state index in [2.05, 4.69) is 4.72 Å². The van der Waals surface area contributed by atoms with E-state index in [4.69, 9.17) is 0 Å². The first kappa shape index (κ1) is 23.2. The second kappa shape index (κ2) is 9.33. The maximum Gasteiger partial charge on any atom is 0.254 e. The summed E-state index contributed by atoms with van der Waals surface area (Å²) in [4.78, 5) is 14.8. The van der Waals surface area contributed by atoms with Crippen LogP contribution in [0.1, 0.15) is 54.9 Å². The second-order valence-corrected chi connectivity index (χ2v) is 12.2. The molecule has 8 nitrogen and oxygen atoms in total. The van der Waals surface area contributed by atoms with Gasteiger partial charge in [-0.15, -0.1) is 0 Å². The summed E-state index contributed by atoms with van der Waals surface area (Å²) in [6, 6.07) is 7.15. The van der Waals surface area contributed by atoms with E-state index in [0.717, 1.165) is 31.1 Å². The molecule has 0 radical (unpaired) electrons. The molecule has 0 saturated carbocycles. The minimum absolute atomic E-state index is 0.0176. The molecule has 2 atom stereocenters. The van der Waals surface area contributed by atoms with Gasteiger partial charge in [0.25, 0.3) is 5.91 Å². The third kappa shape index (κ3) is 5.81. The fraction of sp³-hybridized carbons (Fsp3) is 0.650. The Bertz CT molecular complexity index is 961. The molecule has 2 aliphatic heterocycles. The van der Waals surface area contributed by atoms with Crippen LogP contribution >= 0.6 is 0 Å². The van der Waals surface area contributed by atoms with Crippen LogP contribution in [0.3, 0.4) is 0 Å². The first-order valence-electron chi connectivity index (χ1n) is 10.4. The zero-order valence-corrected chi connectivity index (χ0v) is 19.2. The highest BCUT2D eigenvalue weighted by molar-refractivity contribution is 7.89. The Morgan fingerprint density at radius 2 is 1.87 bits per heavy atom. The van der Waals surface area contributed by atoms with Crippen molar-refractivity contribution >= 4 is 26.0 Å². The highest BCUT2D eigenvalue weighted by Crippen LogP contribution is 2.25. The van der Waals surface area contributed by atoms with Crippen LogP contribution in [0.25, 0.3) is 0 Å². The fourth-order valence-corrected chi connectivity index (χ4v) is 6.52.